The molecule has 0 saturated carbocycles. The van der Waals surface area contributed by atoms with Gasteiger partial charge in [-0.2, -0.15) is 5.06 Å². The van der Waals surface area contributed by atoms with E-state index in [1.54, 1.807) is 7.11 Å². The van der Waals surface area contributed by atoms with Crippen LogP contribution in [0.3, 0.4) is 0 Å². The normalized spacial score (nSPS) is 19.0. The third-order valence-electron chi connectivity index (χ3n) is 5.42. The minimum Gasteiger partial charge on any atom is -0.393 e. The number of nitrogens with zero attached hydrogens (tertiary/aromatic N) is 2. The van der Waals surface area contributed by atoms with Gasteiger partial charge in [0.15, 0.2) is 0 Å². The summed E-state index contributed by atoms with van der Waals surface area (Å²) in [6.45, 7) is 5.45. The fraction of sp³-hybridized carbons (Fsp3) is 0.684. The van der Waals surface area contributed by atoms with Crippen molar-refractivity contribution in [2.75, 3.05) is 40.4 Å². The van der Waals surface area contributed by atoms with E-state index in [1.165, 1.54) is 5.56 Å². The Morgan fingerprint density at radius 2 is 2.08 bits per heavy atom. The summed E-state index contributed by atoms with van der Waals surface area (Å²) >= 11 is 6.40. The van der Waals surface area contributed by atoms with Gasteiger partial charge in [-0.1, -0.05) is 23.7 Å². The lowest BCUT2D eigenvalue weighted by molar-refractivity contribution is -0.154. The molecule has 1 heterocycles. The Morgan fingerprint density at radius 3 is 2.65 bits per heavy atom. The van der Waals surface area contributed by atoms with Crippen molar-refractivity contribution in [2.24, 2.45) is 0 Å². The predicted molar refractivity (Wildman–Crippen MR) is 109 cm³/mol. The van der Waals surface area contributed by atoms with Gasteiger partial charge in [0.2, 0.25) is 0 Å². The van der Waals surface area contributed by atoms with Crippen molar-refractivity contribution in [1.29, 1.82) is 0 Å². The van der Waals surface area contributed by atoms with E-state index in [4.69, 9.17) is 21.0 Å². The van der Waals surface area contributed by atoms with Crippen LogP contribution in [0.5, 0.6) is 0 Å². The summed E-state index contributed by atoms with van der Waals surface area (Å²) < 4.78 is 5.40. The van der Waals surface area contributed by atoms with Crippen molar-refractivity contribution >= 4 is 21.1 Å². The second-order valence-electron chi connectivity index (χ2n) is 7.11. The zero-order chi connectivity index (χ0) is 19.1. The Balaban J connectivity index is 2.17. The number of hydrogen-bond donors (Lipinski definition) is 1. The van der Waals surface area contributed by atoms with Gasteiger partial charge in [0, 0.05) is 40.5 Å². The first kappa shape index (κ1) is 22.0. The zero-order valence-corrected chi connectivity index (χ0v) is 17.9. The molecule has 1 aromatic carbocycles. The molecule has 3 atom stereocenters. The minimum atomic E-state index is -0.143. The van der Waals surface area contributed by atoms with Gasteiger partial charge in [-0.25, -0.2) is 0 Å². The summed E-state index contributed by atoms with van der Waals surface area (Å²) in [7, 11) is 5.96. The topological polar surface area (TPSA) is 45.2 Å². The number of likely N-dealkylation sites (tertiary alicyclic amines) is 1. The summed E-state index contributed by atoms with van der Waals surface area (Å²) in [4.78, 5) is 7.92. The smallest absolute Gasteiger partial charge is 0.0686 e. The highest BCUT2D eigenvalue weighted by atomic mass is 35.5. The Labute approximate surface area is 164 Å². The highest BCUT2D eigenvalue weighted by Crippen LogP contribution is 2.31. The highest BCUT2D eigenvalue weighted by molar-refractivity contribution is 7.09. The Hall–Kier alpha value is -0.260. The Kier molecular flexibility index (Phi) is 9.25. The van der Waals surface area contributed by atoms with Gasteiger partial charge in [0.1, 0.15) is 0 Å². The second kappa shape index (κ2) is 10.9. The van der Waals surface area contributed by atoms with Crippen LogP contribution in [0.15, 0.2) is 18.2 Å². The maximum atomic E-state index is 9.72. The van der Waals surface area contributed by atoms with Crippen LogP contribution in [0.2, 0.25) is 5.02 Å². The van der Waals surface area contributed by atoms with Gasteiger partial charge in [-0.3, -0.25) is 0 Å². The maximum Gasteiger partial charge on any atom is 0.0686 e. The summed E-state index contributed by atoms with van der Waals surface area (Å²) in [6.07, 6.45) is 2.55. The van der Waals surface area contributed by atoms with Crippen LogP contribution in [-0.4, -0.2) is 67.6 Å². The number of halogens is 1. The first-order valence-corrected chi connectivity index (χ1v) is 10.1. The van der Waals surface area contributed by atoms with Gasteiger partial charge in [0.05, 0.1) is 25.9 Å². The van der Waals surface area contributed by atoms with Crippen molar-refractivity contribution in [3.05, 3.63) is 34.3 Å². The molecule has 1 fully saturated rings. The van der Waals surface area contributed by atoms with E-state index in [-0.39, 0.29) is 18.1 Å². The first-order chi connectivity index (χ1) is 12.5. The van der Waals surface area contributed by atoms with Crippen LogP contribution in [0.4, 0.5) is 0 Å². The number of aliphatic hydroxyl groups excluding tert-OH is 1. The second-order valence-corrected chi connectivity index (χ2v) is 7.85. The molecular formula is C19H32ClN2O3P. The average Bonchev–Trinajstić information content (AvgIpc) is 2.64. The van der Waals surface area contributed by atoms with E-state index < -0.39 is 0 Å². The monoisotopic (exact) mass is 402 g/mol. The third kappa shape index (κ3) is 6.13. The van der Waals surface area contributed by atoms with Gasteiger partial charge in [-0.15, -0.1) is 0 Å². The number of aliphatic hydroxyl groups is 1. The molecule has 0 aliphatic carbocycles. The van der Waals surface area contributed by atoms with Crippen LogP contribution < -0.4 is 0 Å². The lowest BCUT2D eigenvalue weighted by atomic mass is 9.87. The predicted octanol–water partition coefficient (Wildman–Crippen LogP) is 3.25. The standard InChI is InChI=1S/C19H32ClN2O3P/c1-14-4-5-15(12-18(14)20)17(19(13-25-26)21(2)24-3)8-11-22-9-6-16(23)7-10-22/h4-5,12,16-17,19,23H,6-11,13,26H2,1-3H3. The molecule has 0 radical (unpaired) electrons. The molecule has 3 unspecified atom stereocenters. The SMILES string of the molecule is CON(C)C(COP)C(CCN1CCC(O)CC1)c1ccc(C)c(Cl)c1. The zero-order valence-electron chi connectivity index (χ0n) is 16.0. The molecule has 5 nitrogen and oxygen atoms in total. The Bertz CT molecular complexity index is 556. The first-order valence-electron chi connectivity index (χ1n) is 9.21. The maximum absolute atomic E-state index is 9.72. The number of piperidine rings is 1. The number of aryl methyl sites for hydroxylation is 1. The number of likely N-dealkylation sites (N-methyl/N-ethyl adjacent to an activating group) is 1. The molecule has 26 heavy (non-hydrogen) atoms. The van der Waals surface area contributed by atoms with E-state index >= 15 is 0 Å². The van der Waals surface area contributed by atoms with E-state index in [0.717, 1.165) is 49.5 Å². The molecule has 2 rings (SSSR count). The van der Waals surface area contributed by atoms with E-state index in [0.29, 0.717) is 6.61 Å². The number of rotatable bonds is 9. The summed E-state index contributed by atoms with van der Waals surface area (Å²) in [6, 6.07) is 6.38. The van der Waals surface area contributed by atoms with Crippen molar-refractivity contribution < 1.29 is 14.5 Å². The van der Waals surface area contributed by atoms with Crippen molar-refractivity contribution in [2.45, 2.75) is 44.2 Å². The molecule has 1 aliphatic rings. The van der Waals surface area contributed by atoms with Crippen molar-refractivity contribution in [1.82, 2.24) is 9.96 Å². The number of hydrogen-bond acceptors (Lipinski definition) is 5. The van der Waals surface area contributed by atoms with E-state index in [9.17, 15) is 5.11 Å². The fourth-order valence-corrected chi connectivity index (χ4v) is 3.98. The summed E-state index contributed by atoms with van der Waals surface area (Å²) in [5.41, 5.74) is 2.28. The largest absolute Gasteiger partial charge is 0.393 e. The Morgan fingerprint density at radius 1 is 1.38 bits per heavy atom. The molecule has 1 aliphatic heterocycles. The summed E-state index contributed by atoms with van der Waals surface area (Å²) in [5.74, 6) is 0.227. The molecular weight excluding hydrogens is 371 g/mol. The molecule has 1 aromatic rings. The van der Waals surface area contributed by atoms with Crippen LogP contribution in [0.25, 0.3) is 0 Å². The molecule has 0 bridgehead atoms. The molecule has 7 heteroatoms. The minimum absolute atomic E-state index is 0.0756. The molecule has 148 valence electrons. The highest BCUT2D eigenvalue weighted by Gasteiger charge is 2.29. The van der Waals surface area contributed by atoms with Crippen LogP contribution in [0.1, 0.15) is 36.3 Å². The number of benzene rings is 1. The molecule has 1 N–H and O–H groups in total. The van der Waals surface area contributed by atoms with Gasteiger partial charge < -0.3 is 19.4 Å². The van der Waals surface area contributed by atoms with Crippen LogP contribution >= 0.6 is 21.1 Å². The lowest BCUT2D eigenvalue weighted by Gasteiger charge is -2.35. The summed E-state index contributed by atoms with van der Waals surface area (Å²) in [5, 5.41) is 12.4. The number of hydroxylamine groups is 2. The third-order valence-corrected chi connectivity index (χ3v) is 6.02. The molecule has 0 aromatic heterocycles. The van der Waals surface area contributed by atoms with Crippen molar-refractivity contribution in [3.8, 4) is 0 Å². The molecule has 0 spiro atoms. The quantitative estimate of drug-likeness (QED) is 0.507. The van der Waals surface area contributed by atoms with Gasteiger partial charge in [0.25, 0.3) is 0 Å². The van der Waals surface area contributed by atoms with E-state index in [2.05, 4.69) is 32.6 Å². The molecule has 0 amide bonds. The average molecular weight is 403 g/mol. The fourth-order valence-electron chi connectivity index (χ4n) is 3.59. The van der Waals surface area contributed by atoms with Gasteiger partial charge in [-0.05, 0) is 49.9 Å². The van der Waals surface area contributed by atoms with E-state index in [1.807, 2.05) is 19.0 Å². The van der Waals surface area contributed by atoms with Crippen LogP contribution in [-0.2, 0) is 9.36 Å². The van der Waals surface area contributed by atoms with Crippen molar-refractivity contribution in [3.63, 3.8) is 0 Å². The molecule has 1 saturated heterocycles. The van der Waals surface area contributed by atoms with Gasteiger partial charge >= 0.3 is 0 Å². The van der Waals surface area contributed by atoms with Crippen LogP contribution in [0, 0.1) is 6.92 Å². The lowest BCUT2D eigenvalue weighted by Crippen LogP contribution is -2.42.